The van der Waals surface area contributed by atoms with Gasteiger partial charge in [0.25, 0.3) is 0 Å². The predicted octanol–water partition coefficient (Wildman–Crippen LogP) is 4.03. The molecule has 1 aliphatic heterocycles. The molecule has 10 heteroatoms. The number of morpholine rings is 1. The molecule has 4 aromatic heterocycles. The van der Waals surface area contributed by atoms with Crippen LogP contribution in [0, 0.1) is 6.92 Å². The highest BCUT2D eigenvalue weighted by Crippen LogP contribution is 2.27. The molecule has 1 aromatic carbocycles. The molecule has 0 amide bonds. The molecular weight excluding hydrogens is 468 g/mol. The average Bonchev–Trinajstić information content (AvgIpc) is 3.67. The van der Waals surface area contributed by atoms with Crippen LogP contribution in [0.15, 0.2) is 60.8 Å². The number of nitrogens with zero attached hydrogens (tertiary/aromatic N) is 8. The number of aryl methyl sites for hydroxylation is 1. The van der Waals surface area contributed by atoms with Gasteiger partial charge in [0.1, 0.15) is 11.5 Å². The van der Waals surface area contributed by atoms with E-state index in [0.29, 0.717) is 42.5 Å². The van der Waals surface area contributed by atoms with Gasteiger partial charge in [-0.05, 0) is 25.5 Å². The molecule has 188 valence electrons. The van der Waals surface area contributed by atoms with Crippen LogP contribution in [0.5, 0.6) is 0 Å². The number of hydrogen-bond donors (Lipinski definition) is 0. The number of aromatic nitrogens is 7. The second kappa shape index (κ2) is 9.62. The van der Waals surface area contributed by atoms with Crippen LogP contribution in [0.25, 0.3) is 34.1 Å². The number of hydrogen-bond acceptors (Lipinski definition) is 7. The zero-order valence-corrected chi connectivity index (χ0v) is 20.9. The summed E-state index contributed by atoms with van der Waals surface area (Å²) in [6.45, 7) is 6.64. The first-order valence-corrected chi connectivity index (χ1v) is 12.6. The summed E-state index contributed by atoms with van der Waals surface area (Å²) in [6.07, 6.45) is 3.10. The van der Waals surface area contributed by atoms with Crippen LogP contribution in [0.3, 0.4) is 0 Å². The van der Waals surface area contributed by atoms with Crippen molar-refractivity contribution in [2.75, 3.05) is 31.2 Å². The van der Waals surface area contributed by atoms with Crippen LogP contribution in [0.1, 0.15) is 30.3 Å². The summed E-state index contributed by atoms with van der Waals surface area (Å²) in [4.78, 5) is 19.9. The fraction of sp³-hybridized carbons (Fsp3) is 0.296. The summed E-state index contributed by atoms with van der Waals surface area (Å²) < 4.78 is 10.7. The van der Waals surface area contributed by atoms with E-state index in [1.165, 1.54) is 4.68 Å². The van der Waals surface area contributed by atoms with Gasteiger partial charge < -0.3 is 9.64 Å². The Morgan fingerprint density at radius 2 is 1.78 bits per heavy atom. The third-order valence-electron chi connectivity index (χ3n) is 6.42. The predicted molar refractivity (Wildman–Crippen MR) is 140 cm³/mol. The van der Waals surface area contributed by atoms with Crippen LogP contribution in [0.4, 0.5) is 5.82 Å². The molecule has 1 aliphatic rings. The molecule has 10 nitrogen and oxygen atoms in total. The first kappa shape index (κ1) is 23.1. The van der Waals surface area contributed by atoms with Gasteiger partial charge in [-0.15, -0.1) is 0 Å². The van der Waals surface area contributed by atoms with E-state index < -0.39 is 0 Å². The van der Waals surface area contributed by atoms with Crippen molar-refractivity contribution in [2.24, 2.45) is 0 Å². The molecule has 1 saturated heterocycles. The van der Waals surface area contributed by atoms with E-state index in [0.717, 1.165) is 42.3 Å². The van der Waals surface area contributed by atoms with Gasteiger partial charge in [0, 0.05) is 43.4 Å². The van der Waals surface area contributed by atoms with Crippen molar-refractivity contribution in [3.05, 3.63) is 66.5 Å². The minimum absolute atomic E-state index is 0.0466. The van der Waals surface area contributed by atoms with E-state index in [-0.39, 0.29) is 5.91 Å². The van der Waals surface area contributed by atoms with E-state index in [1.807, 2.05) is 79.2 Å². The van der Waals surface area contributed by atoms with E-state index in [2.05, 4.69) is 10.00 Å². The Hall–Kier alpha value is -4.31. The fourth-order valence-electron chi connectivity index (χ4n) is 4.61. The summed E-state index contributed by atoms with van der Waals surface area (Å²) in [5.41, 5.74) is 4.67. The van der Waals surface area contributed by atoms with Crippen molar-refractivity contribution < 1.29 is 9.53 Å². The molecule has 0 radical (unpaired) electrons. The average molecular weight is 497 g/mol. The summed E-state index contributed by atoms with van der Waals surface area (Å²) in [5.74, 6) is 1.54. The van der Waals surface area contributed by atoms with Crippen LogP contribution < -0.4 is 4.90 Å². The van der Waals surface area contributed by atoms with Gasteiger partial charge in [0.05, 0.1) is 30.3 Å². The van der Waals surface area contributed by atoms with Crippen LogP contribution in [-0.2, 0) is 4.74 Å². The van der Waals surface area contributed by atoms with Gasteiger partial charge in [0.2, 0.25) is 5.91 Å². The number of carbonyl (C=O) groups is 1. The highest BCUT2D eigenvalue weighted by Gasteiger charge is 2.22. The number of carbonyl (C=O) groups excluding carboxylic acids is 1. The number of fused-ring (bicyclic) bond motifs is 1. The van der Waals surface area contributed by atoms with Gasteiger partial charge in [-0.2, -0.15) is 24.5 Å². The highest BCUT2D eigenvalue weighted by atomic mass is 16.5. The van der Waals surface area contributed by atoms with Crippen LogP contribution >= 0.6 is 0 Å². The third-order valence-corrected chi connectivity index (χ3v) is 6.42. The minimum Gasteiger partial charge on any atom is -0.378 e. The van der Waals surface area contributed by atoms with Crippen molar-refractivity contribution in [1.82, 2.24) is 34.2 Å². The second-order valence-electron chi connectivity index (χ2n) is 9.11. The highest BCUT2D eigenvalue weighted by molar-refractivity contribution is 5.83. The Balaban J connectivity index is 1.47. The van der Waals surface area contributed by atoms with Gasteiger partial charge in [-0.25, -0.2) is 9.67 Å². The molecule has 5 heterocycles. The molecule has 0 N–H and O–H groups in total. The van der Waals surface area contributed by atoms with Gasteiger partial charge >= 0.3 is 0 Å². The largest absolute Gasteiger partial charge is 0.378 e. The zero-order chi connectivity index (χ0) is 25.4. The first-order chi connectivity index (χ1) is 18.1. The molecule has 37 heavy (non-hydrogen) atoms. The third kappa shape index (κ3) is 4.40. The van der Waals surface area contributed by atoms with Gasteiger partial charge in [-0.3, -0.25) is 4.79 Å². The van der Waals surface area contributed by atoms with E-state index in [1.54, 1.807) is 4.68 Å². The summed E-state index contributed by atoms with van der Waals surface area (Å²) in [6, 6.07) is 17.9. The lowest BCUT2D eigenvalue weighted by Gasteiger charge is -2.29. The zero-order valence-electron chi connectivity index (χ0n) is 20.9. The Morgan fingerprint density at radius 1 is 0.973 bits per heavy atom. The Labute approximate surface area is 214 Å². The van der Waals surface area contributed by atoms with Crippen LogP contribution in [-0.4, -0.2) is 66.4 Å². The van der Waals surface area contributed by atoms with Crippen molar-refractivity contribution >= 4 is 17.4 Å². The second-order valence-corrected chi connectivity index (χ2v) is 9.11. The molecular formula is C27H28N8O2. The maximum atomic E-state index is 12.8. The monoisotopic (exact) mass is 496 g/mol. The van der Waals surface area contributed by atoms with Crippen LogP contribution in [0.2, 0.25) is 0 Å². The molecule has 0 atom stereocenters. The number of rotatable bonds is 6. The molecule has 6 rings (SSSR count). The van der Waals surface area contributed by atoms with E-state index >= 15 is 0 Å². The molecule has 0 aliphatic carbocycles. The van der Waals surface area contributed by atoms with Crippen molar-refractivity contribution in [2.45, 2.75) is 26.7 Å². The number of benzene rings is 1. The van der Waals surface area contributed by atoms with E-state index in [9.17, 15) is 4.79 Å². The van der Waals surface area contributed by atoms with Gasteiger partial charge in [-0.1, -0.05) is 37.3 Å². The molecule has 0 bridgehead atoms. The number of anilines is 1. The molecule has 1 fully saturated rings. The molecule has 0 unspecified atom stereocenters. The lowest BCUT2D eigenvalue weighted by molar-refractivity contribution is 0.0887. The smallest absolute Gasteiger partial charge is 0.247 e. The van der Waals surface area contributed by atoms with Crippen molar-refractivity contribution in [3.63, 3.8) is 0 Å². The maximum absolute atomic E-state index is 12.8. The fourth-order valence-corrected chi connectivity index (χ4v) is 4.61. The first-order valence-electron chi connectivity index (χ1n) is 12.6. The van der Waals surface area contributed by atoms with Crippen molar-refractivity contribution in [3.8, 4) is 28.5 Å². The topological polar surface area (TPSA) is 95.4 Å². The molecule has 5 aromatic rings. The number of ether oxygens (including phenoxy) is 1. The molecule has 0 spiro atoms. The Bertz CT molecular complexity index is 1560. The summed E-state index contributed by atoms with van der Waals surface area (Å²) >= 11 is 0. The Morgan fingerprint density at radius 3 is 2.57 bits per heavy atom. The standard InChI is InChI=1S/C27H28N8O2/c1-3-7-27(36)34-23(16-19(2)29-34)22-17-25-28-24(18-26(35(25)31-22)32-12-14-37-15-13-32)33-11-10-21(30-33)20-8-5-4-6-9-20/h4-6,8-11,16-18H,3,7,12-15H2,1-2H3. The molecule has 0 saturated carbocycles. The van der Waals surface area contributed by atoms with Gasteiger partial charge in [0.15, 0.2) is 11.5 Å². The Kier molecular flexibility index (Phi) is 6.01. The summed E-state index contributed by atoms with van der Waals surface area (Å²) in [5, 5.41) is 14.1. The lowest BCUT2D eigenvalue weighted by atomic mass is 10.2. The maximum Gasteiger partial charge on any atom is 0.247 e. The van der Waals surface area contributed by atoms with Crippen molar-refractivity contribution in [1.29, 1.82) is 0 Å². The minimum atomic E-state index is -0.0466. The normalized spacial score (nSPS) is 13.9. The summed E-state index contributed by atoms with van der Waals surface area (Å²) in [7, 11) is 0. The lowest BCUT2D eigenvalue weighted by Crippen LogP contribution is -2.37. The van der Waals surface area contributed by atoms with E-state index in [4.69, 9.17) is 19.9 Å². The SMILES string of the molecule is CCCC(=O)n1nc(C)cc1-c1cc2nc(-n3ccc(-c4ccccc4)n3)cc(N3CCOCC3)n2n1. The quantitative estimate of drug-likeness (QED) is 0.350.